The predicted molar refractivity (Wildman–Crippen MR) is 58.1 cm³/mol. The van der Waals surface area contributed by atoms with Gasteiger partial charge < -0.3 is 10.8 Å². The first-order chi connectivity index (χ1) is 7.13. The van der Waals surface area contributed by atoms with Gasteiger partial charge in [-0.3, -0.25) is 4.90 Å². The van der Waals surface area contributed by atoms with Crippen LogP contribution in [0, 0.1) is 0 Å². The van der Waals surface area contributed by atoms with Gasteiger partial charge in [-0.15, -0.1) is 0 Å². The topological polar surface area (TPSA) is 67.3 Å². The Morgan fingerprint density at radius 3 is 2.73 bits per heavy atom. The van der Waals surface area contributed by atoms with E-state index in [9.17, 15) is 0 Å². The van der Waals surface area contributed by atoms with E-state index in [-0.39, 0.29) is 6.61 Å². The second kappa shape index (κ2) is 3.83. The van der Waals surface area contributed by atoms with Crippen molar-refractivity contribution in [2.24, 2.45) is 0 Å². The minimum atomic E-state index is 0.0820. The molecule has 0 aromatic carbocycles. The molecule has 1 aliphatic rings. The van der Waals surface area contributed by atoms with Crippen LogP contribution in [0.25, 0.3) is 0 Å². The summed E-state index contributed by atoms with van der Waals surface area (Å²) in [6.07, 6.45) is 0. The Morgan fingerprint density at radius 1 is 1.47 bits per heavy atom. The number of hydrogen-bond donors (Lipinski definition) is 2. The molecule has 0 fully saturated rings. The molecule has 0 unspecified atom stereocenters. The van der Waals surface area contributed by atoms with E-state index in [1.54, 1.807) is 4.68 Å². The Morgan fingerprint density at radius 2 is 2.20 bits per heavy atom. The summed E-state index contributed by atoms with van der Waals surface area (Å²) in [4.78, 5) is 2.33. The molecule has 3 N–H and O–H groups in total. The minimum absolute atomic E-state index is 0.0820. The molecule has 1 aromatic heterocycles. The van der Waals surface area contributed by atoms with Crippen LogP contribution in [-0.4, -0.2) is 32.4 Å². The van der Waals surface area contributed by atoms with E-state index < -0.39 is 0 Å². The SMILES string of the molecule is CC(C)N1Cc2nn(CCO)c(N)c2C1. The highest BCUT2D eigenvalue weighted by atomic mass is 16.3. The Labute approximate surface area is 89.5 Å². The zero-order valence-electron chi connectivity index (χ0n) is 9.27. The fourth-order valence-corrected chi connectivity index (χ4v) is 1.94. The van der Waals surface area contributed by atoms with Crippen LogP contribution in [0.15, 0.2) is 0 Å². The Bertz CT molecular complexity index is 359. The van der Waals surface area contributed by atoms with Gasteiger partial charge in [0.05, 0.1) is 18.8 Å². The van der Waals surface area contributed by atoms with E-state index in [0.717, 1.165) is 24.3 Å². The number of aliphatic hydroxyl groups excluding tert-OH is 1. The van der Waals surface area contributed by atoms with E-state index >= 15 is 0 Å². The highest BCUT2D eigenvalue weighted by molar-refractivity contribution is 5.45. The van der Waals surface area contributed by atoms with Gasteiger partial charge in [-0.2, -0.15) is 5.10 Å². The molecule has 5 heteroatoms. The van der Waals surface area contributed by atoms with E-state index in [1.165, 1.54) is 0 Å². The second-order valence-corrected chi connectivity index (χ2v) is 4.26. The number of aromatic nitrogens is 2. The van der Waals surface area contributed by atoms with Gasteiger partial charge in [0, 0.05) is 24.7 Å². The number of rotatable bonds is 3. The molecule has 1 aromatic rings. The summed E-state index contributed by atoms with van der Waals surface area (Å²) in [6.45, 7) is 6.66. The molecule has 2 heterocycles. The summed E-state index contributed by atoms with van der Waals surface area (Å²) < 4.78 is 1.70. The van der Waals surface area contributed by atoms with Crippen LogP contribution in [0.1, 0.15) is 25.1 Å². The van der Waals surface area contributed by atoms with Crippen molar-refractivity contribution in [1.29, 1.82) is 0 Å². The molecule has 0 radical (unpaired) electrons. The molecule has 15 heavy (non-hydrogen) atoms. The fourth-order valence-electron chi connectivity index (χ4n) is 1.94. The quantitative estimate of drug-likeness (QED) is 0.747. The Balaban J connectivity index is 2.20. The molecule has 0 amide bonds. The van der Waals surface area contributed by atoms with Gasteiger partial charge >= 0.3 is 0 Å². The number of aliphatic hydroxyl groups is 1. The van der Waals surface area contributed by atoms with Crippen molar-refractivity contribution < 1.29 is 5.11 Å². The lowest BCUT2D eigenvalue weighted by Crippen LogP contribution is -2.25. The molecule has 0 aliphatic carbocycles. The predicted octanol–water partition coefficient (Wildman–Crippen LogP) is 0.182. The van der Waals surface area contributed by atoms with Crippen LogP contribution in [0.2, 0.25) is 0 Å². The molecule has 84 valence electrons. The van der Waals surface area contributed by atoms with Crippen LogP contribution in [0.4, 0.5) is 5.82 Å². The number of hydrogen-bond acceptors (Lipinski definition) is 4. The van der Waals surface area contributed by atoms with Crippen molar-refractivity contribution in [2.45, 2.75) is 39.5 Å². The molecular weight excluding hydrogens is 192 g/mol. The molecule has 1 aliphatic heterocycles. The summed E-state index contributed by atoms with van der Waals surface area (Å²) in [7, 11) is 0. The van der Waals surface area contributed by atoms with Crippen molar-refractivity contribution in [3.63, 3.8) is 0 Å². The zero-order chi connectivity index (χ0) is 11.0. The first-order valence-electron chi connectivity index (χ1n) is 5.32. The molecule has 0 bridgehead atoms. The van der Waals surface area contributed by atoms with Crippen LogP contribution in [-0.2, 0) is 19.6 Å². The third kappa shape index (κ3) is 1.72. The number of anilines is 1. The zero-order valence-corrected chi connectivity index (χ0v) is 9.27. The number of nitrogens with zero attached hydrogens (tertiary/aromatic N) is 3. The maximum Gasteiger partial charge on any atom is 0.126 e. The fraction of sp³-hybridized carbons (Fsp3) is 0.700. The molecular formula is C10H18N4O. The van der Waals surface area contributed by atoms with Crippen molar-refractivity contribution in [3.8, 4) is 0 Å². The lowest BCUT2D eigenvalue weighted by molar-refractivity contribution is 0.222. The summed E-state index contributed by atoms with van der Waals surface area (Å²) in [5, 5.41) is 13.3. The van der Waals surface area contributed by atoms with E-state index in [0.29, 0.717) is 18.4 Å². The van der Waals surface area contributed by atoms with Crippen molar-refractivity contribution in [3.05, 3.63) is 11.3 Å². The molecule has 0 saturated carbocycles. The van der Waals surface area contributed by atoms with Crippen molar-refractivity contribution >= 4 is 5.82 Å². The van der Waals surface area contributed by atoms with Crippen molar-refractivity contribution in [1.82, 2.24) is 14.7 Å². The maximum absolute atomic E-state index is 8.85. The molecule has 0 atom stereocenters. The second-order valence-electron chi connectivity index (χ2n) is 4.26. The first kappa shape index (κ1) is 10.4. The van der Waals surface area contributed by atoms with Crippen LogP contribution >= 0.6 is 0 Å². The molecule has 0 saturated heterocycles. The normalized spacial score (nSPS) is 16.3. The van der Waals surface area contributed by atoms with Gasteiger partial charge in [-0.05, 0) is 13.8 Å². The summed E-state index contributed by atoms with van der Waals surface area (Å²) >= 11 is 0. The van der Waals surface area contributed by atoms with Gasteiger partial charge in [-0.1, -0.05) is 0 Å². The van der Waals surface area contributed by atoms with Crippen LogP contribution in [0.3, 0.4) is 0 Å². The molecule has 2 rings (SSSR count). The average Bonchev–Trinajstić information content (AvgIpc) is 2.69. The average molecular weight is 210 g/mol. The van der Waals surface area contributed by atoms with E-state index in [4.69, 9.17) is 10.8 Å². The molecule has 5 nitrogen and oxygen atoms in total. The Kier molecular flexibility index (Phi) is 2.67. The monoisotopic (exact) mass is 210 g/mol. The largest absolute Gasteiger partial charge is 0.394 e. The Hall–Kier alpha value is -1.07. The van der Waals surface area contributed by atoms with E-state index in [2.05, 4.69) is 23.8 Å². The van der Waals surface area contributed by atoms with Crippen LogP contribution in [0.5, 0.6) is 0 Å². The minimum Gasteiger partial charge on any atom is -0.394 e. The van der Waals surface area contributed by atoms with Crippen LogP contribution < -0.4 is 5.73 Å². The van der Waals surface area contributed by atoms with Gasteiger partial charge in [0.1, 0.15) is 5.82 Å². The van der Waals surface area contributed by atoms with Gasteiger partial charge in [0.25, 0.3) is 0 Å². The first-order valence-corrected chi connectivity index (χ1v) is 5.32. The summed E-state index contributed by atoms with van der Waals surface area (Å²) in [5.74, 6) is 0.710. The third-order valence-corrected chi connectivity index (χ3v) is 2.93. The van der Waals surface area contributed by atoms with Gasteiger partial charge in [0.2, 0.25) is 0 Å². The van der Waals surface area contributed by atoms with Crippen molar-refractivity contribution in [2.75, 3.05) is 12.3 Å². The summed E-state index contributed by atoms with van der Waals surface area (Å²) in [5.41, 5.74) is 8.17. The number of fused-ring (bicyclic) bond motifs is 1. The van der Waals surface area contributed by atoms with Gasteiger partial charge in [-0.25, -0.2) is 4.68 Å². The number of nitrogens with two attached hydrogens (primary N) is 1. The lowest BCUT2D eigenvalue weighted by atomic mass is 10.3. The summed E-state index contributed by atoms with van der Waals surface area (Å²) in [6, 6.07) is 0.518. The highest BCUT2D eigenvalue weighted by Crippen LogP contribution is 2.28. The maximum atomic E-state index is 8.85. The van der Waals surface area contributed by atoms with Gasteiger partial charge in [0.15, 0.2) is 0 Å². The molecule has 0 spiro atoms. The standard InChI is InChI=1S/C10H18N4O/c1-7(2)13-5-8-9(6-13)12-14(3-4-15)10(8)11/h7,15H,3-6,11H2,1-2H3. The smallest absolute Gasteiger partial charge is 0.126 e. The highest BCUT2D eigenvalue weighted by Gasteiger charge is 2.27. The van der Waals surface area contributed by atoms with E-state index in [1.807, 2.05) is 0 Å². The number of nitrogen functional groups attached to an aromatic ring is 1. The third-order valence-electron chi connectivity index (χ3n) is 2.93. The lowest BCUT2D eigenvalue weighted by Gasteiger charge is -2.19.